The number of imidazole rings is 1. The average Bonchev–Trinajstić information content (AvgIpc) is 2.99. The van der Waals surface area contributed by atoms with Crippen LogP contribution < -0.4 is 0 Å². The second-order valence-electron chi connectivity index (χ2n) is 5.86. The summed E-state index contributed by atoms with van der Waals surface area (Å²) in [5.41, 5.74) is 2.90. The summed E-state index contributed by atoms with van der Waals surface area (Å²) in [7, 11) is 0. The molecular formula is C16H14ClN3O. The molecule has 0 unspecified atom stereocenters. The van der Waals surface area contributed by atoms with Crippen molar-refractivity contribution in [2.75, 3.05) is 0 Å². The van der Waals surface area contributed by atoms with E-state index in [2.05, 4.69) is 36.4 Å². The number of benzene rings is 1. The van der Waals surface area contributed by atoms with Crippen LogP contribution in [0.1, 0.15) is 26.3 Å². The zero-order valence-corrected chi connectivity index (χ0v) is 12.8. The Balaban J connectivity index is 2.39. The van der Waals surface area contributed by atoms with E-state index >= 15 is 0 Å². The van der Waals surface area contributed by atoms with Gasteiger partial charge in [0.15, 0.2) is 0 Å². The number of fused-ring (bicyclic) bond motifs is 1. The van der Waals surface area contributed by atoms with Crippen molar-refractivity contribution in [3.63, 3.8) is 0 Å². The van der Waals surface area contributed by atoms with Crippen LogP contribution in [-0.4, -0.2) is 9.55 Å². The fraction of sp³-hybridized carbons (Fsp3) is 0.250. The molecule has 21 heavy (non-hydrogen) atoms. The molecule has 2 heterocycles. The summed E-state index contributed by atoms with van der Waals surface area (Å²) in [6.45, 7) is 6.30. The van der Waals surface area contributed by atoms with Gasteiger partial charge in [0.2, 0.25) is 5.22 Å². The summed E-state index contributed by atoms with van der Waals surface area (Å²) in [4.78, 5) is 4.66. The molecule has 1 aromatic carbocycles. The average molecular weight is 300 g/mol. The van der Waals surface area contributed by atoms with Crippen LogP contribution >= 0.6 is 11.6 Å². The van der Waals surface area contributed by atoms with Crippen LogP contribution in [0.2, 0.25) is 5.22 Å². The molecule has 3 aromatic rings. The van der Waals surface area contributed by atoms with Crippen molar-refractivity contribution in [1.82, 2.24) is 9.55 Å². The Bertz CT molecular complexity index is 862. The molecule has 0 N–H and O–H groups in total. The first-order valence-corrected chi connectivity index (χ1v) is 6.96. The summed E-state index contributed by atoms with van der Waals surface area (Å²) < 4.78 is 7.30. The Labute approximate surface area is 127 Å². The van der Waals surface area contributed by atoms with Gasteiger partial charge >= 0.3 is 0 Å². The summed E-state index contributed by atoms with van der Waals surface area (Å²) in [5.74, 6) is 0.742. The van der Waals surface area contributed by atoms with Gasteiger partial charge in [0, 0.05) is 5.54 Å². The van der Waals surface area contributed by atoms with E-state index in [4.69, 9.17) is 21.3 Å². The largest absolute Gasteiger partial charge is 0.452 e. The highest BCUT2D eigenvalue weighted by Crippen LogP contribution is 2.35. The van der Waals surface area contributed by atoms with E-state index in [0.717, 1.165) is 22.4 Å². The van der Waals surface area contributed by atoms with Crippen LogP contribution in [-0.2, 0) is 5.54 Å². The Hall–Kier alpha value is -2.25. The van der Waals surface area contributed by atoms with Gasteiger partial charge in [-0.15, -0.1) is 0 Å². The zero-order chi connectivity index (χ0) is 15.2. The van der Waals surface area contributed by atoms with Gasteiger partial charge in [0.05, 0.1) is 34.5 Å². The van der Waals surface area contributed by atoms with E-state index in [1.54, 1.807) is 24.5 Å². The number of hydrogen-bond acceptors (Lipinski definition) is 3. The van der Waals surface area contributed by atoms with Gasteiger partial charge in [-0.05, 0) is 56.6 Å². The first-order valence-electron chi connectivity index (χ1n) is 6.58. The molecule has 4 nitrogen and oxygen atoms in total. The number of aromatic nitrogens is 2. The molecule has 0 fully saturated rings. The minimum atomic E-state index is -0.182. The third-order valence-corrected chi connectivity index (χ3v) is 3.61. The lowest BCUT2D eigenvalue weighted by Gasteiger charge is -2.24. The van der Waals surface area contributed by atoms with Crippen LogP contribution in [0.4, 0.5) is 0 Å². The number of nitriles is 1. The van der Waals surface area contributed by atoms with Crippen molar-refractivity contribution >= 4 is 22.6 Å². The fourth-order valence-electron chi connectivity index (χ4n) is 2.46. The lowest BCUT2D eigenvalue weighted by atomic mass is 10.1. The maximum Gasteiger partial charge on any atom is 0.203 e. The highest BCUT2D eigenvalue weighted by Gasteiger charge is 2.24. The van der Waals surface area contributed by atoms with Crippen molar-refractivity contribution in [3.05, 3.63) is 41.3 Å². The summed E-state index contributed by atoms with van der Waals surface area (Å²) in [6, 6.07) is 9.45. The van der Waals surface area contributed by atoms with Gasteiger partial charge < -0.3 is 8.98 Å². The molecule has 5 heteroatoms. The molecule has 0 spiro atoms. The minimum absolute atomic E-state index is 0.182. The Morgan fingerprint density at radius 1 is 1.29 bits per heavy atom. The van der Waals surface area contributed by atoms with Gasteiger partial charge in [-0.3, -0.25) is 0 Å². The normalized spacial score (nSPS) is 11.8. The van der Waals surface area contributed by atoms with Gasteiger partial charge in [-0.25, -0.2) is 4.98 Å². The summed E-state index contributed by atoms with van der Waals surface area (Å²) in [5, 5.41) is 9.36. The topological polar surface area (TPSA) is 54.8 Å². The first kappa shape index (κ1) is 13.7. The van der Waals surface area contributed by atoms with E-state index in [1.165, 1.54) is 0 Å². The number of furan rings is 1. The molecule has 0 aliphatic carbocycles. The maximum atomic E-state index is 9.04. The van der Waals surface area contributed by atoms with Crippen LogP contribution in [0.5, 0.6) is 0 Å². The van der Waals surface area contributed by atoms with Crippen molar-refractivity contribution in [3.8, 4) is 17.5 Å². The molecule has 0 aliphatic heterocycles. The molecule has 3 rings (SSSR count). The molecule has 0 radical (unpaired) electrons. The van der Waals surface area contributed by atoms with Gasteiger partial charge in [-0.2, -0.15) is 5.26 Å². The predicted molar refractivity (Wildman–Crippen MR) is 82.2 cm³/mol. The van der Waals surface area contributed by atoms with Crippen LogP contribution in [0, 0.1) is 11.3 Å². The smallest absolute Gasteiger partial charge is 0.203 e. The lowest BCUT2D eigenvalue weighted by Crippen LogP contribution is -2.22. The number of rotatable bonds is 1. The summed E-state index contributed by atoms with van der Waals surface area (Å²) in [6.07, 6.45) is 1.55. The number of nitrogens with zero attached hydrogens (tertiary/aromatic N) is 3. The Morgan fingerprint density at radius 2 is 2.05 bits per heavy atom. The zero-order valence-electron chi connectivity index (χ0n) is 12.0. The summed E-state index contributed by atoms with van der Waals surface area (Å²) >= 11 is 6.11. The molecular weight excluding hydrogens is 286 g/mol. The monoisotopic (exact) mass is 299 g/mol. The van der Waals surface area contributed by atoms with Gasteiger partial charge in [-0.1, -0.05) is 0 Å². The van der Waals surface area contributed by atoms with Crippen LogP contribution in [0.25, 0.3) is 22.4 Å². The van der Waals surface area contributed by atoms with E-state index in [0.29, 0.717) is 10.8 Å². The predicted octanol–water partition coefficient (Wildman–Crippen LogP) is 4.58. The van der Waals surface area contributed by atoms with E-state index in [9.17, 15) is 0 Å². The van der Waals surface area contributed by atoms with Crippen molar-refractivity contribution in [2.45, 2.75) is 26.3 Å². The SMILES string of the molecule is CC(C)(C)n1c(-c2ccoc2Cl)nc2cc(C#N)ccc21. The van der Waals surface area contributed by atoms with Gasteiger partial charge in [0.1, 0.15) is 5.82 Å². The van der Waals surface area contributed by atoms with Crippen molar-refractivity contribution in [1.29, 1.82) is 5.26 Å². The minimum Gasteiger partial charge on any atom is -0.452 e. The Morgan fingerprint density at radius 3 is 2.62 bits per heavy atom. The van der Waals surface area contributed by atoms with E-state index < -0.39 is 0 Å². The van der Waals surface area contributed by atoms with Crippen LogP contribution in [0.3, 0.4) is 0 Å². The highest BCUT2D eigenvalue weighted by atomic mass is 35.5. The van der Waals surface area contributed by atoms with Crippen molar-refractivity contribution in [2.24, 2.45) is 0 Å². The number of halogens is 1. The second kappa shape index (κ2) is 4.64. The quantitative estimate of drug-likeness (QED) is 0.661. The molecule has 0 saturated heterocycles. The van der Waals surface area contributed by atoms with Crippen molar-refractivity contribution < 1.29 is 4.42 Å². The number of hydrogen-bond donors (Lipinski definition) is 0. The first-order chi connectivity index (χ1) is 9.91. The van der Waals surface area contributed by atoms with Crippen LogP contribution in [0.15, 0.2) is 34.9 Å². The van der Waals surface area contributed by atoms with Gasteiger partial charge in [0.25, 0.3) is 0 Å². The second-order valence-corrected chi connectivity index (χ2v) is 6.21. The molecule has 0 amide bonds. The third kappa shape index (κ3) is 2.20. The van der Waals surface area contributed by atoms with E-state index in [-0.39, 0.29) is 5.54 Å². The lowest BCUT2D eigenvalue weighted by molar-refractivity contribution is 0.413. The fourth-order valence-corrected chi connectivity index (χ4v) is 2.66. The standard InChI is InChI=1S/C16H14ClN3O/c1-16(2,3)20-13-5-4-10(9-18)8-12(13)19-15(20)11-6-7-21-14(11)17/h4-8H,1-3H3. The third-order valence-electron chi connectivity index (χ3n) is 3.31. The molecule has 0 saturated carbocycles. The Kier molecular flexibility index (Phi) is 3.03. The highest BCUT2D eigenvalue weighted by molar-refractivity contribution is 6.31. The molecule has 0 atom stereocenters. The molecule has 0 aliphatic rings. The molecule has 2 aromatic heterocycles. The molecule has 0 bridgehead atoms. The molecule has 106 valence electrons. The van der Waals surface area contributed by atoms with E-state index in [1.807, 2.05) is 6.07 Å². The maximum absolute atomic E-state index is 9.04.